The first-order chi connectivity index (χ1) is 17.5. The van der Waals surface area contributed by atoms with Crippen LogP contribution in [0.15, 0.2) is 24.3 Å². The number of carbonyl (C=O) groups excluding carboxylic acids is 1. The van der Waals surface area contributed by atoms with E-state index in [2.05, 4.69) is 29.0 Å². The second-order valence-electron chi connectivity index (χ2n) is 10.2. The van der Waals surface area contributed by atoms with Crippen LogP contribution in [0.4, 0.5) is 11.5 Å². The summed E-state index contributed by atoms with van der Waals surface area (Å²) < 4.78 is 5.86. The van der Waals surface area contributed by atoms with E-state index in [1.165, 1.54) is 24.8 Å². The van der Waals surface area contributed by atoms with Gasteiger partial charge in [-0.05, 0) is 61.6 Å². The molecule has 2 aliphatic rings. The minimum atomic E-state index is -1.22. The van der Waals surface area contributed by atoms with Crippen LogP contribution in [0.25, 0.3) is 0 Å². The molecule has 4 N–H and O–H groups in total. The Bertz CT molecular complexity index is 1000. The number of nitrogen functional groups attached to an aromatic ring is 1. The van der Waals surface area contributed by atoms with Gasteiger partial charge in [0.1, 0.15) is 23.8 Å². The molecule has 0 spiro atoms. The third kappa shape index (κ3) is 6.53. The van der Waals surface area contributed by atoms with Gasteiger partial charge in [-0.1, -0.05) is 44.7 Å². The largest absolute Gasteiger partial charge is 0.475 e. The number of aliphatic hydroxyl groups is 2. The average molecular weight is 497 g/mol. The van der Waals surface area contributed by atoms with Crippen LogP contribution in [0.3, 0.4) is 0 Å². The first kappa shape index (κ1) is 26.4. The van der Waals surface area contributed by atoms with Crippen LogP contribution in [0.2, 0.25) is 0 Å². The van der Waals surface area contributed by atoms with Crippen molar-refractivity contribution in [2.75, 3.05) is 23.8 Å². The van der Waals surface area contributed by atoms with Crippen LogP contribution in [0.1, 0.15) is 98.8 Å². The van der Waals surface area contributed by atoms with Gasteiger partial charge < -0.3 is 25.6 Å². The number of hydrogen-bond acceptors (Lipinski definition) is 7. The number of hydrogen-bond donors (Lipinski definition) is 3. The quantitative estimate of drug-likeness (QED) is 0.325. The number of benzene rings is 1. The molecule has 0 atom stereocenters. The summed E-state index contributed by atoms with van der Waals surface area (Å²) in [5.41, 5.74) is 8.55. The van der Waals surface area contributed by atoms with Crippen molar-refractivity contribution in [3.63, 3.8) is 0 Å². The molecule has 36 heavy (non-hydrogen) atoms. The number of rotatable bonds is 10. The maximum atomic E-state index is 13.5. The normalized spacial score (nSPS) is 20.2. The van der Waals surface area contributed by atoms with E-state index in [1.54, 1.807) is 4.90 Å². The number of amides is 1. The van der Waals surface area contributed by atoms with Crippen molar-refractivity contribution in [1.29, 1.82) is 0 Å². The molecule has 2 aromatic rings. The zero-order valence-corrected chi connectivity index (χ0v) is 21.4. The maximum Gasteiger partial charge on any atom is 0.267 e. The third-order valence-corrected chi connectivity index (χ3v) is 7.53. The Kier molecular flexibility index (Phi) is 9.15. The van der Waals surface area contributed by atoms with Crippen molar-refractivity contribution in [1.82, 2.24) is 9.97 Å². The Morgan fingerprint density at radius 1 is 1.06 bits per heavy atom. The molecule has 4 rings (SSSR count). The minimum absolute atomic E-state index is 0.182. The zero-order valence-electron chi connectivity index (χ0n) is 21.4. The topological polar surface area (TPSA) is 122 Å². The molecule has 8 nitrogen and oxygen atoms in total. The Labute approximate surface area is 213 Å². The SMILES string of the molecule is CCCCCCCc1nc(N)c2c(n1)OCCN(c1ccc(C3CCC(CC(O)O)CC3)cc1)C2=O. The molecule has 1 aliphatic heterocycles. The number of unbranched alkanes of at least 4 members (excludes halogenated alkanes) is 4. The molecule has 0 unspecified atom stereocenters. The van der Waals surface area contributed by atoms with Gasteiger partial charge in [-0.2, -0.15) is 4.98 Å². The number of anilines is 2. The highest BCUT2D eigenvalue weighted by Crippen LogP contribution is 2.38. The second-order valence-corrected chi connectivity index (χ2v) is 10.2. The smallest absolute Gasteiger partial charge is 0.267 e. The molecule has 196 valence electrons. The van der Waals surface area contributed by atoms with E-state index in [0.717, 1.165) is 50.6 Å². The summed E-state index contributed by atoms with van der Waals surface area (Å²) in [7, 11) is 0. The van der Waals surface area contributed by atoms with Crippen LogP contribution in [0.5, 0.6) is 5.88 Å². The second kappa shape index (κ2) is 12.5. The van der Waals surface area contributed by atoms with E-state index >= 15 is 0 Å². The molecule has 1 amide bonds. The van der Waals surface area contributed by atoms with E-state index in [0.29, 0.717) is 43.1 Å². The van der Waals surface area contributed by atoms with Gasteiger partial charge in [0.15, 0.2) is 6.29 Å². The van der Waals surface area contributed by atoms with Gasteiger partial charge >= 0.3 is 0 Å². The fraction of sp³-hybridized carbons (Fsp3) is 0.607. The van der Waals surface area contributed by atoms with Gasteiger partial charge in [-0.15, -0.1) is 0 Å². The molecule has 0 bridgehead atoms. The molecule has 0 radical (unpaired) electrons. The highest BCUT2D eigenvalue weighted by molar-refractivity contribution is 6.10. The number of ether oxygens (including phenoxy) is 1. The molecule has 2 heterocycles. The van der Waals surface area contributed by atoms with Crippen LogP contribution >= 0.6 is 0 Å². The number of aliphatic hydroxyl groups excluding tert-OH is 1. The zero-order chi connectivity index (χ0) is 25.5. The highest BCUT2D eigenvalue weighted by atomic mass is 16.5. The number of nitrogens with zero attached hydrogens (tertiary/aromatic N) is 3. The van der Waals surface area contributed by atoms with E-state index in [4.69, 9.17) is 10.5 Å². The molecule has 1 aromatic carbocycles. The molecular formula is C28H40N4O4. The lowest BCUT2D eigenvalue weighted by molar-refractivity contribution is -0.0592. The number of aryl methyl sites for hydroxylation is 1. The van der Waals surface area contributed by atoms with Crippen LogP contribution in [-0.4, -0.2) is 45.5 Å². The fourth-order valence-corrected chi connectivity index (χ4v) is 5.48. The van der Waals surface area contributed by atoms with E-state index < -0.39 is 6.29 Å². The molecule has 0 saturated heterocycles. The van der Waals surface area contributed by atoms with Crippen molar-refractivity contribution in [3.05, 3.63) is 41.2 Å². The van der Waals surface area contributed by atoms with Crippen molar-refractivity contribution >= 4 is 17.4 Å². The van der Waals surface area contributed by atoms with E-state index in [1.807, 2.05) is 12.1 Å². The Hall–Kier alpha value is -2.71. The summed E-state index contributed by atoms with van der Waals surface area (Å²) in [6.07, 6.45) is 9.82. The minimum Gasteiger partial charge on any atom is -0.475 e. The summed E-state index contributed by atoms with van der Waals surface area (Å²) in [6, 6.07) is 8.18. The first-order valence-electron chi connectivity index (χ1n) is 13.5. The van der Waals surface area contributed by atoms with Gasteiger partial charge in [-0.25, -0.2) is 4.98 Å². The number of aromatic nitrogens is 2. The summed E-state index contributed by atoms with van der Waals surface area (Å²) in [5, 5.41) is 18.5. The Morgan fingerprint density at radius 3 is 2.47 bits per heavy atom. The predicted molar refractivity (Wildman–Crippen MR) is 140 cm³/mol. The summed E-state index contributed by atoms with van der Waals surface area (Å²) >= 11 is 0. The van der Waals surface area contributed by atoms with Gasteiger partial charge in [0.25, 0.3) is 5.91 Å². The number of carbonyl (C=O) groups is 1. The van der Waals surface area contributed by atoms with Crippen molar-refractivity contribution < 1.29 is 19.7 Å². The lowest BCUT2D eigenvalue weighted by Gasteiger charge is -2.29. The molecule has 8 heteroatoms. The number of fused-ring (bicyclic) bond motifs is 1. The fourth-order valence-electron chi connectivity index (χ4n) is 5.48. The monoisotopic (exact) mass is 496 g/mol. The highest BCUT2D eigenvalue weighted by Gasteiger charge is 2.30. The molecule has 1 aromatic heterocycles. The lowest BCUT2D eigenvalue weighted by Crippen LogP contribution is -2.32. The van der Waals surface area contributed by atoms with Gasteiger partial charge in [0.05, 0.1) is 6.54 Å². The Balaban J connectivity index is 1.41. The molecule has 1 fully saturated rings. The van der Waals surface area contributed by atoms with Crippen LogP contribution in [-0.2, 0) is 6.42 Å². The van der Waals surface area contributed by atoms with Gasteiger partial charge in [0, 0.05) is 18.5 Å². The lowest BCUT2D eigenvalue weighted by atomic mass is 9.77. The number of nitrogens with two attached hydrogens (primary N) is 1. The van der Waals surface area contributed by atoms with Crippen molar-refractivity contribution in [2.24, 2.45) is 5.92 Å². The molecular weight excluding hydrogens is 456 g/mol. The van der Waals surface area contributed by atoms with Gasteiger partial charge in [0.2, 0.25) is 5.88 Å². The van der Waals surface area contributed by atoms with E-state index in [-0.39, 0.29) is 17.3 Å². The Morgan fingerprint density at radius 2 is 1.78 bits per heavy atom. The summed E-state index contributed by atoms with van der Waals surface area (Å²) in [5.74, 6) is 1.72. The van der Waals surface area contributed by atoms with E-state index in [9.17, 15) is 15.0 Å². The standard InChI is InChI=1S/C28H40N4O4/c1-2-3-4-5-6-7-23-30-26(29)25-27(31-23)36-17-16-32(28(25)35)22-14-12-21(13-15-22)20-10-8-19(9-11-20)18-24(33)34/h12-15,19-20,24,33-34H,2-11,16-18H2,1H3,(H2,29,30,31). The van der Waals surface area contributed by atoms with Crippen LogP contribution in [0, 0.1) is 5.92 Å². The first-order valence-corrected chi connectivity index (χ1v) is 13.5. The van der Waals surface area contributed by atoms with Crippen molar-refractivity contribution in [3.8, 4) is 5.88 Å². The predicted octanol–water partition coefficient (Wildman–Crippen LogP) is 4.59. The maximum absolute atomic E-state index is 13.5. The molecule has 1 saturated carbocycles. The average Bonchev–Trinajstić information content (AvgIpc) is 3.03. The third-order valence-electron chi connectivity index (χ3n) is 7.53. The van der Waals surface area contributed by atoms with Crippen molar-refractivity contribution in [2.45, 2.75) is 89.8 Å². The van der Waals surface area contributed by atoms with Gasteiger partial charge in [-0.3, -0.25) is 4.79 Å². The van der Waals surface area contributed by atoms with Crippen LogP contribution < -0.4 is 15.4 Å². The molecule has 1 aliphatic carbocycles. The summed E-state index contributed by atoms with van der Waals surface area (Å²) in [6.45, 7) is 2.95. The summed E-state index contributed by atoms with van der Waals surface area (Å²) in [4.78, 5) is 24.1.